The molecule has 3 heterocycles. The monoisotopic (exact) mass is 259 g/mol. The minimum Gasteiger partial charge on any atom is -0.464 e. The summed E-state index contributed by atoms with van der Waals surface area (Å²) in [5, 5.41) is 0. The molecular weight excluding hydrogens is 238 g/mol. The molecular formula is C15H21N3O. The highest BCUT2D eigenvalue weighted by Gasteiger charge is 2.34. The lowest BCUT2D eigenvalue weighted by Crippen LogP contribution is -2.59. The fraction of sp³-hybridized carbons (Fsp3) is 0.533. The highest BCUT2D eigenvalue weighted by molar-refractivity contribution is 5.49. The molecule has 4 heteroatoms. The first-order chi connectivity index (χ1) is 9.28. The number of hydrogen-bond donors (Lipinski definition) is 0. The van der Waals surface area contributed by atoms with Gasteiger partial charge in [0.05, 0.1) is 24.3 Å². The van der Waals surface area contributed by atoms with Gasteiger partial charge in [0.1, 0.15) is 5.75 Å². The molecule has 2 saturated heterocycles. The van der Waals surface area contributed by atoms with Crippen molar-refractivity contribution in [3.8, 4) is 5.75 Å². The number of piperazine rings is 1. The summed E-state index contributed by atoms with van der Waals surface area (Å²) in [7, 11) is 2.27. The summed E-state index contributed by atoms with van der Waals surface area (Å²) in [6.45, 7) is 5.76. The Bertz CT molecular complexity index is 448. The lowest BCUT2D eigenvalue weighted by molar-refractivity contribution is 0.0950. The van der Waals surface area contributed by atoms with Crippen LogP contribution in [0.5, 0.6) is 5.75 Å². The molecule has 0 aromatic carbocycles. The molecule has 3 rings (SSSR count). The average Bonchev–Trinajstić information content (AvgIpc) is 2.39. The van der Waals surface area contributed by atoms with E-state index in [-0.39, 0.29) is 0 Å². The molecule has 102 valence electrons. The maximum absolute atomic E-state index is 5.32. The second-order valence-electron chi connectivity index (χ2n) is 5.47. The topological polar surface area (TPSA) is 28.6 Å². The van der Waals surface area contributed by atoms with Crippen LogP contribution < -0.4 is 9.64 Å². The van der Waals surface area contributed by atoms with Crippen LogP contribution in [0.4, 0.5) is 5.69 Å². The molecule has 0 N–H and O–H groups in total. The van der Waals surface area contributed by atoms with Crippen LogP contribution in [-0.4, -0.2) is 42.1 Å². The Morgan fingerprint density at radius 2 is 2.05 bits per heavy atom. The summed E-state index contributed by atoms with van der Waals surface area (Å²) in [5.41, 5.74) is 1.16. The standard InChI is InChI=1S/C15H21N3O/c1-3-19-15-7-14(8-16-9-15)18-10-12-5-4-6-13(11-18)17(12)2/h3,7-9,12-13H,1,4-6,10-11H2,2H3. The minimum absolute atomic E-state index is 0.677. The van der Waals surface area contributed by atoms with Gasteiger partial charge in [-0.1, -0.05) is 13.0 Å². The van der Waals surface area contributed by atoms with Gasteiger partial charge in [0, 0.05) is 31.2 Å². The summed E-state index contributed by atoms with van der Waals surface area (Å²) in [6.07, 6.45) is 9.07. The molecule has 19 heavy (non-hydrogen) atoms. The smallest absolute Gasteiger partial charge is 0.146 e. The van der Waals surface area contributed by atoms with Crippen molar-refractivity contribution in [1.82, 2.24) is 9.88 Å². The first-order valence-corrected chi connectivity index (χ1v) is 6.97. The summed E-state index contributed by atoms with van der Waals surface area (Å²) in [6, 6.07) is 3.41. The highest BCUT2D eigenvalue weighted by atomic mass is 16.5. The van der Waals surface area contributed by atoms with Crippen LogP contribution in [0.25, 0.3) is 0 Å². The van der Waals surface area contributed by atoms with Crippen molar-refractivity contribution in [2.45, 2.75) is 31.3 Å². The SMILES string of the molecule is C=COc1cncc(N2CC3CCCC(C2)N3C)c1. The van der Waals surface area contributed by atoms with Gasteiger partial charge in [-0.3, -0.25) is 9.88 Å². The van der Waals surface area contributed by atoms with Gasteiger partial charge in [0.25, 0.3) is 0 Å². The van der Waals surface area contributed by atoms with Crippen molar-refractivity contribution in [3.63, 3.8) is 0 Å². The second-order valence-corrected chi connectivity index (χ2v) is 5.47. The number of hydrogen-bond acceptors (Lipinski definition) is 4. The Labute approximate surface area is 114 Å². The van der Waals surface area contributed by atoms with Crippen molar-refractivity contribution in [1.29, 1.82) is 0 Å². The zero-order valence-electron chi connectivity index (χ0n) is 11.5. The van der Waals surface area contributed by atoms with E-state index in [0.29, 0.717) is 12.1 Å². The number of nitrogens with zero attached hydrogens (tertiary/aromatic N) is 3. The molecule has 0 aliphatic carbocycles. The third-order valence-corrected chi connectivity index (χ3v) is 4.37. The zero-order chi connectivity index (χ0) is 13.2. The molecule has 0 radical (unpaired) electrons. The quantitative estimate of drug-likeness (QED) is 0.779. The van der Waals surface area contributed by atoms with Gasteiger partial charge in [0.15, 0.2) is 0 Å². The maximum atomic E-state index is 5.32. The van der Waals surface area contributed by atoms with E-state index in [9.17, 15) is 0 Å². The second kappa shape index (κ2) is 5.21. The van der Waals surface area contributed by atoms with Crippen molar-refractivity contribution >= 4 is 5.69 Å². The number of ether oxygens (including phenoxy) is 1. The molecule has 2 aliphatic heterocycles. The molecule has 0 amide bonds. The Morgan fingerprint density at radius 1 is 1.32 bits per heavy atom. The molecule has 2 bridgehead atoms. The average molecular weight is 259 g/mol. The molecule has 2 unspecified atom stereocenters. The van der Waals surface area contributed by atoms with Crippen LogP contribution in [0.1, 0.15) is 19.3 Å². The van der Waals surface area contributed by atoms with Gasteiger partial charge in [-0.05, 0) is 19.9 Å². The molecule has 2 aliphatic rings. The van der Waals surface area contributed by atoms with Gasteiger partial charge in [-0.15, -0.1) is 0 Å². The number of fused-ring (bicyclic) bond motifs is 2. The lowest BCUT2D eigenvalue weighted by atomic mass is 9.92. The molecule has 2 fully saturated rings. The predicted molar refractivity (Wildman–Crippen MR) is 76.5 cm³/mol. The van der Waals surface area contributed by atoms with Gasteiger partial charge >= 0.3 is 0 Å². The van der Waals surface area contributed by atoms with E-state index in [1.54, 1.807) is 6.20 Å². The number of aromatic nitrogens is 1. The fourth-order valence-corrected chi connectivity index (χ4v) is 3.27. The van der Waals surface area contributed by atoms with Crippen molar-refractivity contribution in [3.05, 3.63) is 31.3 Å². The Morgan fingerprint density at radius 3 is 2.74 bits per heavy atom. The molecule has 4 nitrogen and oxygen atoms in total. The molecule has 1 aromatic heterocycles. The van der Waals surface area contributed by atoms with Crippen LogP contribution in [0.15, 0.2) is 31.3 Å². The number of likely N-dealkylation sites (N-methyl/N-ethyl adjacent to an activating group) is 1. The van der Waals surface area contributed by atoms with E-state index >= 15 is 0 Å². The van der Waals surface area contributed by atoms with Crippen LogP contribution in [-0.2, 0) is 0 Å². The summed E-state index contributed by atoms with van der Waals surface area (Å²) < 4.78 is 5.32. The van der Waals surface area contributed by atoms with E-state index in [1.165, 1.54) is 25.5 Å². The van der Waals surface area contributed by atoms with Gasteiger partial charge in [-0.2, -0.15) is 0 Å². The molecule has 0 saturated carbocycles. The highest BCUT2D eigenvalue weighted by Crippen LogP contribution is 2.30. The van der Waals surface area contributed by atoms with Gasteiger partial charge in [0.2, 0.25) is 0 Å². The maximum Gasteiger partial charge on any atom is 0.146 e. The van der Waals surface area contributed by atoms with Crippen LogP contribution in [0, 0.1) is 0 Å². The lowest BCUT2D eigenvalue weighted by Gasteiger charge is -2.49. The molecule has 1 aromatic rings. The first-order valence-electron chi connectivity index (χ1n) is 6.97. The summed E-state index contributed by atoms with van der Waals surface area (Å²) in [4.78, 5) is 9.26. The van der Waals surface area contributed by atoms with E-state index < -0.39 is 0 Å². The van der Waals surface area contributed by atoms with Crippen LogP contribution >= 0.6 is 0 Å². The first kappa shape index (κ1) is 12.5. The predicted octanol–water partition coefficient (Wildman–Crippen LogP) is 2.28. The normalized spacial score (nSPS) is 27.1. The van der Waals surface area contributed by atoms with E-state index in [4.69, 9.17) is 4.74 Å². The number of rotatable bonds is 3. The van der Waals surface area contributed by atoms with Gasteiger partial charge < -0.3 is 9.64 Å². The molecule has 2 atom stereocenters. The number of piperidine rings is 1. The minimum atomic E-state index is 0.677. The zero-order valence-corrected chi connectivity index (χ0v) is 11.5. The molecule has 0 spiro atoms. The number of pyridine rings is 1. The van der Waals surface area contributed by atoms with Crippen LogP contribution in [0.2, 0.25) is 0 Å². The van der Waals surface area contributed by atoms with E-state index in [1.807, 2.05) is 6.20 Å². The van der Waals surface area contributed by atoms with Gasteiger partial charge in [-0.25, -0.2) is 0 Å². The summed E-state index contributed by atoms with van der Waals surface area (Å²) >= 11 is 0. The fourth-order valence-electron chi connectivity index (χ4n) is 3.27. The Kier molecular flexibility index (Phi) is 3.42. The van der Waals surface area contributed by atoms with E-state index in [2.05, 4.69) is 34.5 Å². The Balaban J connectivity index is 1.79. The third-order valence-electron chi connectivity index (χ3n) is 4.37. The van der Waals surface area contributed by atoms with E-state index in [0.717, 1.165) is 24.5 Å². The van der Waals surface area contributed by atoms with Crippen molar-refractivity contribution < 1.29 is 4.74 Å². The van der Waals surface area contributed by atoms with Crippen LogP contribution in [0.3, 0.4) is 0 Å². The van der Waals surface area contributed by atoms with Crippen molar-refractivity contribution in [2.24, 2.45) is 0 Å². The number of anilines is 1. The summed E-state index contributed by atoms with van der Waals surface area (Å²) in [5.74, 6) is 0.761. The van der Waals surface area contributed by atoms with Crippen molar-refractivity contribution in [2.75, 3.05) is 25.0 Å². The largest absolute Gasteiger partial charge is 0.464 e. The Hall–Kier alpha value is -1.55. The third kappa shape index (κ3) is 2.45.